The summed E-state index contributed by atoms with van der Waals surface area (Å²) in [7, 11) is 0. The van der Waals surface area contributed by atoms with E-state index in [1.54, 1.807) is 11.3 Å². The third kappa shape index (κ3) is 2.91. The molecular formula is C16H19FN2S. The van der Waals surface area contributed by atoms with Gasteiger partial charge in [-0.2, -0.15) is 0 Å². The van der Waals surface area contributed by atoms with Gasteiger partial charge in [0.15, 0.2) is 0 Å². The molecule has 0 aliphatic heterocycles. The summed E-state index contributed by atoms with van der Waals surface area (Å²) in [6.45, 7) is 4.26. The molecule has 3 rings (SSSR count). The first-order chi connectivity index (χ1) is 9.67. The van der Waals surface area contributed by atoms with Crippen LogP contribution in [0, 0.1) is 12.7 Å². The van der Waals surface area contributed by atoms with Gasteiger partial charge in [0.25, 0.3) is 0 Å². The lowest BCUT2D eigenvalue weighted by Gasteiger charge is -2.16. The van der Waals surface area contributed by atoms with E-state index in [0.717, 1.165) is 17.0 Å². The summed E-state index contributed by atoms with van der Waals surface area (Å²) in [6.07, 6.45) is 3.41. The van der Waals surface area contributed by atoms with E-state index in [-0.39, 0.29) is 11.9 Å². The first-order valence-corrected chi connectivity index (χ1v) is 7.96. The zero-order valence-electron chi connectivity index (χ0n) is 11.8. The monoisotopic (exact) mass is 290 g/mol. The quantitative estimate of drug-likeness (QED) is 0.900. The molecule has 2 nitrogen and oxygen atoms in total. The molecule has 0 amide bonds. The van der Waals surface area contributed by atoms with Crippen LogP contribution in [0.5, 0.6) is 0 Å². The zero-order valence-corrected chi connectivity index (χ0v) is 12.6. The van der Waals surface area contributed by atoms with Crippen LogP contribution < -0.4 is 5.32 Å². The van der Waals surface area contributed by atoms with Gasteiger partial charge in [0.05, 0.1) is 11.7 Å². The summed E-state index contributed by atoms with van der Waals surface area (Å²) in [5.74, 6) is -0.191. The lowest BCUT2D eigenvalue weighted by Crippen LogP contribution is -2.24. The molecule has 1 aromatic carbocycles. The van der Waals surface area contributed by atoms with Gasteiger partial charge in [-0.3, -0.25) is 0 Å². The first kappa shape index (κ1) is 13.7. The molecule has 4 heteroatoms. The Morgan fingerprint density at radius 3 is 2.60 bits per heavy atom. The molecule has 1 aliphatic rings. The van der Waals surface area contributed by atoms with E-state index in [9.17, 15) is 4.39 Å². The number of aromatic nitrogens is 1. The molecule has 1 unspecified atom stereocenters. The highest BCUT2D eigenvalue weighted by Crippen LogP contribution is 2.32. The molecule has 1 aliphatic carbocycles. The van der Waals surface area contributed by atoms with Gasteiger partial charge in [0.2, 0.25) is 0 Å². The minimum Gasteiger partial charge on any atom is -0.301 e. The number of aryl methyl sites for hydroxylation is 2. The third-order valence-corrected chi connectivity index (χ3v) is 4.75. The first-order valence-electron chi connectivity index (χ1n) is 7.15. The summed E-state index contributed by atoms with van der Waals surface area (Å²) < 4.78 is 13.1. The minimum absolute atomic E-state index is 0.0899. The van der Waals surface area contributed by atoms with Gasteiger partial charge in [-0.25, -0.2) is 9.37 Å². The Bertz CT molecular complexity index is 587. The molecule has 1 fully saturated rings. The van der Waals surface area contributed by atoms with Crippen molar-refractivity contribution in [1.82, 2.24) is 10.3 Å². The maximum Gasteiger partial charge on any atom is 0.123 e. The maximum atomic E-state index is 13.1. The van der Waals surface area contributed by atoms with Crippen molar-refractivity contribution >= 4 is 11.3 Å². The van der Waals surface area contributed by atoms with Crippen molar-refractivity contribution in [3.8, 4) is 0 Å². The van der Waals surface area contributed by atoms with E-state index < -0.39 is 0 Å². The molecule has 0 radical (unpaired) electrons. The lowest BCUT2D eigenvalue weighted by atomic mass is 10.1. The van der Waals surface area contributed by atoms with Crippen LogP contribution in [-0.2, 0) is 6.42 Å². The van der Waals surface area contributed by atoms with Gasteiger partial charge in [0.1, 0.15) is 10.8 Å². The number of thiazole rings is 1. The summed E-state index contributed by atoms with van der Waals surface area (Å²) in [4.78, 5) is 6.05. The van der Waals surface area contributed by atoms with Crippen molar-refractivity contribution in [2.24, 2.45) is 0 Å². The van der Waals surface area contributed by atoms with Crippen LogP contribution in [0.2, 0.25) is 0 Å². The third-order valence-electron chi connectivity index (χ3n) is 3.67. The highest BCUT2D eigenvalue weighted by molar-refractivity contribution is 7.11. The van der Waals surface area contributed by atoms with Crippen molar-refractivity contribution in [2.75, 3.05) is 0 Å². The average Bonchev–Trinajstić information content (AvgIpc) is 3.19. The molecule has 1 atom stereocenters. The molecule has 1 heterocycles. The van der Waals surface area contributed by atoms with Gasteiger partial charge in [-0.05, 0) is 43.9 Å². The molecule has 0 spiro atoms. The predicted octanol–water partition coefficient (Wildman–Crippen LogP) is 3.99. The van der Waals surface area contributed by atoms with Crippen LogP contribution in [0.3, 0.4) is 0 Å². The predicted molar refractivity (Wildman–Crippen MR) is 80.6 cm³/mol. The SMILES string of the molecule is CCc1nc(C(NC2CC2)c2ccc(F)cc2)sc1C. The fourth-order valence-corrected chi connectivity index (χ4v) is 3.45. The summed E-state index contributed by atoms with van der Waals surface area (Å²) in [6, 6.07) is 7.44. The smallest absolute Gasteiger partial charge is 0.123 e. The summed E-state index contributed by atoms with van der Waals surface area (Å²) in [5, 5.41) is 4.73. The number of nitrogens with one attached hydrogen (secondary N) is 1. The van der Waals surface area contributed by atoms with Crippen LogP contribution >= 0.6 is 11.3 Å². The van der Waals surface area contributed by atoms with E-state index in [1.165, 1.54) is 35.5 Å². The Morgan fingerprint density at radius 2 is 2.05 bits per heavy atom. The lowest BCUT2D eigenvalue weighted by molar-refractivity contribution is 0.591. The van der Waals surface area contributed by atoms with E-state index in [2.05, 4.69) is 19.2 Å². The number of halogens is 1. The van der Waals surface area contributed by atoms with Crippen molar-refractivity contribution in [3.63, 3.8) is 0 Å². The summed E-state index contributed by atoms with van der Waals surface area (Å²) >= 11 is 1.75. The van der Waals surface area contributed by atoms with E-state index in [4.69, 9.17) is 4.98 Å². The molecule has 1 aromatic heterocycles. The number of benzene rings is 1. The second kappa shape index (κ2) is 5.62. The molecule has 20 heavy (non-hydrogen) atoms. The second-order valence-corrected chi connectivity index (χ2v) is 6.57. The van der Waals surface area contributed by atoms with Crippen molar-refractivity contribution in [3.05, 3.63) is 51.2 Å². The van der Waals surface area contributed by atoms with Crippen LogP contribution in [0.15, 0.2) is 24.3 Å². The molecule has 2 aromatic rings. The Labute approximate surface area is 123 Å². The number of rotatable bonds is 5. The normalized spacial score (nSPS) is 16.4. The van der Waals surface area contributed by atoms with Gasteiger partial charge in [-0.15, -0.1) is 11.3 Å². The topological polar surface area (TPSA) is 24.9 Å². The van der Waals surface area contributed by atoms with Crippen LogP contribution in [0.4, 0.5) is 4.39 Å². The number of nitrogens with zero attached hydrogens (tertiary/aromatic N) is 1. The Morgan fingerprint density at radius 1 is 1.35 bits per heavy atom. The van der Waals surface area contributed by atoms with E-state index >= 15 is 0 Å². The van der Waals surface area contributed by atoms with Gasteiger partial charge in [0, 0.05) is 10.9 Å². The average molecular weight is 290 g/mol. The van der Waals surface area contributed by atoms with E-state index in [0.29, 0.717) is 6.04 Å². The standard InChI is InChI=1S/C16H19FN2S/c1-3-14-10(2)20-16(19-14)15(18-13-8-9-13)11-4-6-12(17)7-5-11/h4-7,13,15,18H,3,8-9H2,1-2H3. The summed E-state index contributed by atoms with van der Waals surface area (Å²) in [5.41, 5.74) is 2.27. The molecule has 106 valence electrons. The largest absolute Gasteiger partial charge is 0.301 e. The highest BCUT2D eigenvalue weighted by Gasteiger charge is 2.28. The van der Waals surface area contributed by atoms with Gasteiger partial charge >= 0.3 is 0 Å². The van der Waals surface area contributed by atoms with Crippen molar-refractivity contribution < 1.29 is 4.39 Å². The van der Waals surface area contributed by atoms with Gasteiger partial charge in [-0.1, -0.05) is 19.1 Å². The maximum absolute atomic E-state index is 13.1. The number of hydrogen-bond donors (Lipinski definition) is 1. The fraction of sp³-hybridized carbons (Fsp3) is 0.438. The van der Waals surface area contributed by atoms with Crippen LogP contribution in [-0.4, -0.2) is 11.0 Å². The van der Waals surface area contributed by atoms with E-state index in [1.807, 2.05) is 12.1 Å². The molecule has 0 bridgehead atoms. The van der Waals surface area contributed by atoms with Crippen molar-refractivity contribution in [1.29, 1.82) is 0 Å². The zero-order chi connectivity index (χ0) is 14.1. The fourth-order valence-electron chi connectivity index (χ4n) is 2.35. The number of hydrogen-bond acceptors (Lipinski definition) is 3. The van der Waals surface area contributed by atoms with Crippen LogP contribution in [0.25, 0.3) is 0 Å². The second-order valence-electron chi connectivity index (χ2n) is 5.33. The molecular weight excluding hydrogens is 271 g/mol. The minimum atomic E-state index is -0.191. The Balaban J connectivity index is 1.93. The molecule has 1 N–H and O–H groups in total. The van der Waals surface area contributed by atoms with Crippen LogP contribution in [0.1, 0.15) is 46.9 Å². The van der Waals surface area contributed by atoms with Crippen molar-refractivity contribution in [2.45, 2.75) is 45.2 Å². The highest BCUT2D eigenvalue weighted by atomic mass is 32.1. The molecule has 1 saturated carbocycles. The van der Waals surface area contributed by atoms with Gasteiger partial charge < -0.3 is 5.32 Å². The molecule has 0 saturated heterocycles. The Hall–Kier alpha value is -1.26. The Kier molecular flexibility index (Phi) is 3.85.